The smallest absolute Gasteiger partial charge is 0.0342 e. The predicted octanol–water partition coefficient (Wildman–Crippen LogP) is 4.40. The van der Waals surface area contributed by atoms with Crippen LogP contribution < -0.4 is 0 Å². The summed E-state index contributed by atoms with van der Waals surface area (Å²) in [6.45, 7) is 0. The van der Waals surface area contributed by atoms with Gasteiger partial charge in [-0.05, 0) is 34.2 Å². The zero-order valence-electron chi connectivity index (χ0n) is 8.18. The standard InChI is InChI=1S/C14H10S/c1-2-4-12-7-8-14-13(9-10-15-14)6-5-11(12)3-1/h1-10H/b6-5-,8-7-,11-5?,12-7?,13-6?,14-8?. The van der Waals surface area contributed by atoms with Gasteiger partial charge in [0.15, 0.2) is 0 Å². The van der Waals surface area contributed by atoms with Crippen molar-refractivity contribution in [2.24, 2.45) is 0 Å². The van der Waals surface area contributed by atoms with Gasteiger partial charge in [-0.15, -0.1) is 11.3 Å². The molecule has 1 heterocycles. The van der Waals surface area contributed by atoms with Crippen molar-refractivity contribution in [2.75, 3.05) is 0 Å². The first-order chi connectivity index (χ1) is 7.43. The highest BCUT2D eigenvalue weighted by atomic mass is 32.1. The Morgan fingerprint density at radius 2 is 1.33 bits per heavy atom. The minimum absolute atomic E-state index is 1.28. The van der Waals surface area contributed by atoms with E-state index in [0.717, 1.165) is 0 Å². The summed E-state index contributed by atoms with van der Waals surface area (Å²) in [5.41, 5.74) is 3.88. The van der Waals surface area contributed by atoms with E-state index in [1.165, 1.54) is 21.6 Å². The van der Waals surface area contributed by atoms with Crippen molar-refractivity contribution in [3.05, 3.63) is 57.3 Å². The van der Waals surface area contributed by atoms with Crippen LogP contribution in [0, 0.1) is 0 Å². The van der Waals surface area contributed by atoms with Gasteiger partial charge in [0.1, 0.15) is 0 Å². The van der Waals surface area contributed by atoms with Crippen LogP contribution in [0.3, 0.4) is 0 Å². The van der Waals surface area contributed by atoms with Crippen LogP contribution in [-0.2, 0) is 0 Å². The average molecular weight is 210 g/mol. The van der Waals surface area contributed by atoms with Gasteiger partial charge in [0, 0.05) is 4.88 Å². The van der Waals surface area contributed by atoms with E-state index in [4.69, 9.17) is 0 Å². The Bertz CT molecular complexity index is 496. The molecule has 1 heteroatoms. The van der Waals surface area contributed by atoms with Gasteiger partial charge < -0.3 is 0 Å². The molecule has 0 saturated carbocycles. The largest absolute Gasteiger partial charge is 0.144 e. The zero-order chi connectivity index (χ0) is 10.1. The van der Waals surface area contributed by atoms with Crippen molar-refractivity contribution in [3.63, 3.8) is 0 Å². The van der Waals surface area contributed by atoms with E-state index in [9.17, 15) is 0 Å². The van der Waals surface area contributed by atoms with E-state index in [1.807, 2.05) is 0 Å². The SMILES string of the molecule is C1=C\c2ccsc2/C=C\c2ccccc2/1. The monoisotopic (exact) mass is 210 g/mol. The Hall–Kier alpha value is -1.60. The maximum absolute atomic E-state index is 2.20. The molecule has 1 aliphatic carbocycles. The van der Waals surface area contributed by atoms with Crippen molar-refractivity contribution in [3.8, 4) is 0 Å². The molecule has 0 nitrogen and oxygen atoms in total. The fourth-order valence-electron chi connectivity index (χ4n) is 1.76. The molecule has 0 amide bonds. The molecule has 0 saturated heterocycles. The second kappa shape index (κ2) is 3.52. The van der Waals surface area contributed by atoms with Crippen molar-refractivity contribution >= 4 is 35.6 Å². The van der Waals surface area contributed by atoms with Crippen LogP contribution in [0.5, 0.6) is 0 Å². The highest BCUT2D eigenvalue weighted by molar-refractivity contribution is 7.11. The normalized spacial score (nSPS) is 17.1. The number of hydrogen-bond acceptors (Lipinski definition) is 1. The second-order valence-corrected chi connectivity index (χ2v) is 4.48. The molecular weight excluding hydrogens is 200 g/mol. The summed E-state index contributed by atoms with van der Waals surface area (Å²) in [5, 5.41) is 2.13. The van der Waals surface area contributed by atoms with Crippen molar-refractivity contribution < 1.29 is 0 Å². The summed E-state index contributed by atoms with van der Waals surface area (Å²) in [4.78, 5) is 1.33. The molecule has 1 aromatic carbocycles. The Balaban J connectivity index is 2.19. The van der Waals surface area contributed by atoms with Gasteiger partial charge in [-0.1, -0.05) is 42.5 Å². The first-order valence-electron chi connectivity index (χ1n) is 4.96. The van der Waals surface area contributed by atoms with Crippen molar-refractivity contribution in [2.45, 2.75) is 0 Å². The Labute approximate surface area is 93.2 Å². The third-order valence-electron chi connectivity index (χ3n) is 2.58. The van der Waals surface area contributed by atoms with Crippen LogP contribution >= 0.6 is 11.3 Å². The number of thiophene rings is 1. The Morgan fingerprint density at radius 3 is 2.13 bits per heavy atom. The number of hydrogen-bond donors (Lipinski definition) is 0. The van der Waals surface area contributed by atoms with E-state index < -0.39 is 0 Å². The Kier molecular flexibility index (Phi) is 2.04. The maximum atomic E-state index is 2.20. The predicted molar refractivity (Wildman–Crippen MR) is 68.6 cm³/mol. The molecule has 0 spiro atoms. The number of benzene rings is 1. The molecule has 0 aliphatic heterocycles. The minimum atomic E-state index is 1.28. The lowest BCUT2D eigenvalue weighted by Crippen LogP contribution is -1.82. The van der Waals surface area contributed by atoms with Crippen LogP contribution in [0.25, 0.3) is 24.3 Å². The molecular formula is C14H10S. The molecule has 0 bridgehead atoms. The topological polar surface area (TPSA) is 0 Å². The quantitative estimate of drug-likeness (QED) is 0.516. The summed E-state index contributed by atoms with van der Waals surface area (Å²) in [6, 6.07) is 10.6. The van der Waals surface area contributed by atoms with Gasteiger partial charge >= 0.3 is 0 Å². The summed E-state index contributed by atoms with van der Waals surface area (Å²) in [5.74, 6) is 0. The van der Waals surface area contributed by atoms with Gasteiger partial charge in [0.2, 0.25) is 0 Å². The van der Waals surface area contributed by atoms with Crippen molar-refractivity contribution in [1.29, 1.82) is 0 Å². The fraction of sp³-hybridized carbons (Fsp3) is 0. The lowest BCUT2D eigenvalue weighted by molar-refractivity contribution is 1.61. The van der Waals surface area contributed by atoms with Crippen LogP contribution in [0.4, 0.5) is 0 Å². The number of fused-ring (bicyclic) bond motifs is 2. The Morgan fingerprint density at radius 1 is 0.667 bits per heavy atom. The highest BCUT2D eigenvalue weighted by Gasteiger charge is 2.02. The van der Waals surface area contributed by atoms with E-state index in [0.29, 0.717) is 0 Å². The molecule has 3 rings (SSSR count). The molecule has 0 radical (unpaired) electrons. The van der Waals surface area contributed by atoms with Crippen LogP contribution in [0.15, 0.2) is 35.7 Å². The summed E-state index contributed by atoms with van der Waals surface area (Å²) in [7, 11) is 0. The number of rotatable bonds is 0. The fourth-order valence-corrected chi connectivity index (χ4v) is 2.54. The van der Waals surface area contributed by atoms with Crippen LogP contribution in [0.1, 0.15) is 21.6 Å². The van der Waals surface area contributed by atoms with Gasteiger partial charge in [0.25, 0.3) is 0 Å². The molecule has 0 N–H and O–H groups in total. The molecule has 1 aromatic heterocycles. The van der Waals surface area contributed by atoms with E-state index in [2.05, 4.69) is 60.0 Å². The first kappa shape index (κ1) is 8.69. The molecule has 0 fully saturated rings. The molecule has 0 atom stereocenters. The second-order valence-electron chi connectivity index (χ2n) is 3.54. The van der Waals surface area contributed by atoms with Crippen molar-refractivity contribution in [1.82, 2.24) is 0 Å². The summed E-state index contributed by atoms with van der Waals surface area (Å²) < 4.78 is 0. The molecule has 15 heavy (non-hydrogen) atoms. The minimum Gasteiger partial charge on any atom is -0.144 e. The summed E-state index contributed by atoms with van der Waals surface area (Å²) in [6.07, 6.45) is 8.76. The molecule has 1 aliphatic rings. The van der Waals surface area contributed by atoms with E-state index in [1.54, 1.807) is 11.3 Å². The van der Waals surface area contributed by atoms with Gasteiger partial charge in [-0.2, -0.15) is 0 Å². The average Bonchev–Trinajstić information content (AvgIpc) is 2.68. The van der Waals surface area contributed by atoms with Gasteiger partial charge in [-0.25, -0.2) is 0 Å². The highest BCUT2D eigenvalue weighted by Crippen LogP contribution is 2.25. The lowest BCUT2D eigenvalue weighted by atomic mass is 10.0. The third-order valence-corrected chi connectivity index (χ3v) is 3.48. The maximum Gasteiger partial charge on any atom is 0.0342 e. The van der Waals surface area contributed by atoms with Crippen LogP contribution in [0.2, 0.25) is 0 Å². The van der Waals surface area contributed by atoms with Gasteiger partial charge in [-0.3, -0.25) is 0 Å². The third kappa shape index (κ3) is 1.55. The van der Waals surface area contributed by atoms with Crippen LogP contribution in [-0.4, -0.2) is 0 Å². The van der Waals surface area contributed by atoms with E-state index in [-0.39, 0.29) is 0 Å². The lowest BCUT2D eigenvalue weighted by Gasteiger charge is -2.03. The zero-order valence-corrected chi connectivity index (χ0v) is 9.00. The summed E-state index contributed by atoms with van der Waals surface area (Å²) >= 11 is 1.78. The van der Waals surface area contributed by atoms with Gasteiger partial charge in [0.05, 0.1) is 0 Å². The first-order valence-corrected chi connectivity index (χ1v) is 5.84. The molecule has 72 valence electrons. The molecule has 2 aromatic rings. The van der Waals surface area contributed by atoms with E-state index >= 15 is 0 Å². The molecule has 0 unspecified atom stereocenters.